The smallest absolute Gasteiger partial charge is 0.214 e. The Morgan fingerprint density at radius 3 is 2.63 bits per heavy atom. The highest BCUT2D eigenvalue weighted by Gasteiger charge is 2.33. The number of aliphatic imine (C=N–C) groups is 1. The van der Waals surface area contributed by atoms with E-state index in [2.05, 4.69) is 22.5 Å². The zero-order valence-electron chi connectivity index (χ0n) is 11.4. The first-order valence-corrected chi connectivity index (χ1v) is 8.09. The van der Waals surface area contributed by atoms with Gasteiger partial charge in [0.05, 0.1) is 5.75 Å². The number of nitrogens with zero attached hydrogens (tertiary/aromatic N) is 2. The van der Waals surface area contributed by atoms with Crippen LogP contribution in [0.1, 0.15) is 19.8 Å². The Morgan fingerprint density at radius 1 is 1.47 bits per heavy atom. The first kappa shape index (κ1) is 17.0. The van der Waals surface area contributed by atoms with Crippen molar-refractivity contribution in [2.75, 3.05) is 32.4 Å². The van der Waals surface area contributed by atoms with E-state index in [4.69, 9.17) is 0 Å². The SMILES string of the molecule is CN=C(NCCN1CCCS1(=O)=O)NC1CC1C.I. The van der Waals surface area contributed by atoms with Crippen LogP contribution in [-0.4, -0.2) is 57.2 Å². The molecule has 0 aromatic heterocycles. The lowest BCUT2D eigenvalue weighted by atomic mass is 10.4. The Labute approximate surface area is 132 Å². The summed E-state index contributed by atoms with van der Waals surface area (Å²) in [4.78, 5) is 4.13. The molecule has 2 N–H and O–H groups in total. The lowest BCUT2D eigenvalue weighted by Gasteiger charge is -2.16. The van der Waals surface area contributed by atoms with E-state index in [-0.39, 0.29) is 24.0 Å². The van der Waals surface area contributed by atoms with E-state index in [0.717, 1.165) is 12.4 Å². The standard InChI is InChI=1S/C11H22N4O2S.HI/c1-9-8-10(9)14-11(12-2)13-4-6-15-5-3-7-18(15,16)17;/h9-10H,3-8H2,1-2H3,(H2,12,13,14);1H. The second kappa shape index (κ2) is 7.07. The summed E-state index contributed by atoms with van der Waals surface area (Å²) in [6, 6.07) is 0.520. The van der Waals surface area contributed by atoms with Crippen LogP contribution in [0.25, 0.3) is 0 Å². The summed E-state index contributed by atoms with van der Waals surface area (Å²) in [5.74, 6) is 1.77. The number of nitrogens with one attached hydrogen (secondary N) is 2. The first-order valence-electron chi connectivity index (χ1n) is 6.48. The van der Waals surface area contributed by atoms with Gasteiger partial charge in [-0.05, 0) is 18.8 Å². The minimum atomic E-state index is -2.98. The van der Waals surface area contributed by atoms with E-state index in [1.165, 1.54) is 6.42 Å². The first-order chi connectivity index (χ1) is 8.53. The third-order valence-electron chi connectivity index (χ3n) is 3.51. The van der Waals surface area contributed by atoms with Crippen LogP contribution in [0.4, 0.5) is 0 Å². The van der Waals surface area contributed by atoms with Gasteiger partial charge in [-0.25, -0.2) is 12.7 Å². The molecule has 2 fully saturated rings. The van der Waals surface area contributed by atoms with Crippen molar-refractivity contribution in [3.8, 4) is 0 Å². The van der Waals surface area contributed by atoms with Gasteiger partial charge < -0.3 is 10.6 Å². The number of guanidine groups is 1. The van der Waals surface area contributed by atoms with Gasteiger partial charge in [-0.1, -0.05) is 6.92 Å². The lowest BCUT2D eigenvalue weighted by molar-refractivity contribution is 0.445. The molecule has 1 aliphatic heterocycles. The molecule has 0 amide bonds. The van der Waals surface area contributed by atoms with Crippen molar-refractivity contribution in [3.05, 3.63) is 0 Å². The van der Waals surface area contributed by atoms with Crippen LogP contribution in [0, 0.1) is 5.92 Å². The summed E-state index contributed by atoms with van der Waals surface area (Å²) in [6.45, 7) is 3.96. The summed E-state index contributed by atoms with van der Waals surface area (Å²) in [6.07, 6.45) is 1.93. The van der Waals surface area contributed by atoms with Crippen molar-refractivity contribution < 1.29 is 8.42 Å². The van der Waals surface area contributed by atoms with Crippen molar-refractivity contribution in [1.82, 2.24) is 14.9 Å². The van der Waals surface area contributed by atoms with Crippen molar-refractivity contribution in [2.24, 2.45) is 10.9 Å². The van der Waals surface area contributed by atoms with Crippen LogP contribution >= 0.6 is 24.0 Å². The quantitative estimate of drug-likeness (QED) is 0.401. The molecule has 1 saturated carbocycles. The van der Waals surface area contributed by atoms with Crippen LogP contribution in [0.3, 0.4) is 0 Å². The maximum absolute atomic E-state index is 11.6. The average Bonchev–Trinajstić information content (AvgIpc) is 2.89. The van der Waals surface area contributed by atoms with Crippen molar-refractivity contribution in [1.29, 1.82) is 0 Å². The highest BCUT2D eigenvalue weighted by atomic mass is 127. The molecular weight excluding hydrogens is 379 g/mol. The fraction of sp³-hybridized carbons (Fsp3) is 0.909. The van der Waals surface area contributed by atoms with Gasteiger partial charge in [-0.3, -0.25) is 4.99 Å². The fourth-order valence-electron chi connectivity index (χ4n) is 2.13. The zero-order valence-corrected chi connectivity index (χ0v) is 14.6. The third kappa shape index (κ3) is 4.75. The number of rotatable bonds is 4. The molecule has 2 rings (SSSR count). The van der Waals surface area contributed by atoms with E-state index in [1.807, 2.05) is 0 Å². The average molecular weight is 402 g/mol. The van der Waals surface area contributed by atoms with E-state index in [9.17, 15) is 8.42 Å². The van der Waals surface area contributed by atoms with Gasteiger partial charge in [-0.2, -0.15) is 0 Å². The van der Waals surface area contributed by atoms with Crippen molar-refractivity contribution in [2.45, 2.75) is 25.8 Å². The van der Waals surface area contributed by atoms with E-state index in [1.54, 1.807) is 11.4 Å². The Morgan fingerprint density at radius 2 is 2.16 bits per heavy atom. The number of hydrogen-bond acceptors (Lipinski definition) is 3. The summed E-state index contributed by atoms with van der Waals surface area (Å²) in [5.41, 5.74) is 0. The molecule has 8 heteroatoms. The third-order valence-corrected chi connectivity index (χ3v) is 5.47. The molecule has 19 heavy (non-hydrogen) atoms. The minimum absolute atomic E-state index is 0. The fourth-order valence-corrected chi connectivity index (χ4v) is 3.66. The van der Waals surface area contributed by atoms with E-state index < -0.39 is 10.0 Å². The van der Waals surface area contributed by atoms with E-state index >= 15 is 0 Å². The Balaban J connectivity index is 0.00000180. The molecule has 1 saturated heterocycles. The molecule has 112 valence electrons. The number of halogens is 1. The number of sulfonamides is 1. The van der Waals surface area contributed by atoms with Crippen LogP contribution in [0.15, 0.2) is 4.99 Å². The normalized spacial score (nSPS) is 29.7. The molecule has 6 nitrogen and oxygen atoms in total. The second-order valence-corrected chi connectivity index (χ2v) is 7.12. The van der Waals surface area contributed by atoms with Gasteiger partial charge in [0.1, 0.15) is 0 Å². The highest BCUT2D eigenvalue weighted by Crippen LogP contribution is 2.28. The zero-order chi connectivity index (χ0) is 13.2. The summed E-state index contributed by atoms with van der Waals surface area (Å²) in [5, 5.41) is 6.47. The molecule has 0 aromatic rings. The molecule has 0 radical (unpaired) electrons. The van der Waals surface area contributed by atoms with Crippen LogP contribution in [0.2, 0.25) is 0 Å². The summed E-state index contributed by atoms with van der Waals surface area (Å²) in [7, 11) is -1.25. The van der Waals surface area contributed by atoms with Gasteiger partial charge in [0.2, 0.25) is 10.0 Å². The minimum Gasteiger partial charge on any atom is -0.355 e. The number of hydrogen-bond donors (Lipinski definition) is 2. The van der Waals surface area contributed by atoms with E-state index in [0.29, 0.717) is 37.3 Å². The molecule has 0 bridgehead atoms. The van der Waals surface area contributed by atoms with Gasteiger partial charge in [0, 0.05) is 32.7 Å². The van der Waals surface area contributed by atoms with Crippen LogP contribution < -0.4 is 10.6 Å². The van der Waals surface area contributed by atoms with Gasteiger partial charge >= 0.3 is 0 Å². The highest BCUT2D eigenvalue weighted by molar-refractivity contribution is 14.0. The largest absolute Gasteiger partial charge is 0.355 e. The summed E-state index contributed by atoms with van der Waals surface area (Å²) < 4.78 is 24.7. The second-order valence-electron chi connectivity index (χ2n) is 5.03. The molecule has 2 unspecified atom stereocenters. The molecule has 2 atom stereocenters. The van der Waals surface area contributed by atoms with Crippen molar-refractivity contribution in [3.63, 3.8) is 0 Å². The van der Waals surface area contributed by atoms with Gasteiger partial charge in [0.25, 0.3) is 0 Å². The molecule has 0 aromatic carbocycles. The molecule has 1 aliphatic carbocycles. The predicted molar refractivity (Wildman–Crippen MR) is 87.5 cm³/mol. The molecule has 2 aliphatic rings. The Hall–Kier alpha value is -0.0900. The lowest BCUT2D eigenvalue weighted by Crippen LogP contribution is -2.43. The Bertz CT molecular complexity index is 426. The van der Waals surface area contributed by atoms with Crippen LogP contribution in [0.5, 0.6) is 0 Å². The van der Waals surface area contributed by atoms with Gasteiger partial charge in [0.15, 0.2) is 5.96 Å². The molecule has 1 heterocycles. The van der Waals surface area contributed by atoms with Crippen molar-refractivity contribution >= 4 is 40.0 Å². The molecular formula is C11H23IN4O2S. The maximum atomic E-state index is 11.6. The summed E-state index contributed by atoms with van der Waals surface area (Å²) >= 11 is 0. The Kier molecular flexibility index (Phi) is 6.31. The predicted octanol–water partition coefficient (Wildman–Crippen LogP) is 0.213. The molecule has 0 spiro atoms. The van der Waals surface area contributed by atoms with Crippen LogP contribution in [-0.2, 0) is 10.0 Å². The van der Waals surface area contributed by atoms with Gasteiger partial charge in [-0.15, -0.1) is 24.0 Å². The monoisotopic (exact) mass is 402 g/mol. The topological polar surface area (TPSA) is 73.8 Å². The maximum Gasteiger partial charge on any atom is 0.214 e.